The molecule has 84 valence electrons. The Bertz CT molecular complexity index is 325. The summed E-state index contributed by atoms with van der Waals surface area (Å²) in [6, 6.07) is 6.28. The van der Waals surface area contributed by atoms with Crippen LogP contribution in [0.5, 0.6) is 0 Å². The third kappa shape index (κ3) is 3.78. The van der Waals surface area contributed by atoms with Crippen molar-refractivity contribution in [2.45, 2.75) is 26.3 Å². The molecule has 0 saturated carbocycles. The maximum Gasteiger partial charge on any atom is 0.0410 e. The summed E-state index contributed by atoms with van der Waals surface area (Å²) in [6.07, 6.45) is 1.11. The Balaban J connectivity index is 2.95. The summed E-state index contributed by atoms with van der Waals surface area (Å²) in [5, 5.41) is 4.12. The standard InChI is InChI=1S/C12H17BrClN/c1-8(2)6-12(15-3)10-7-9(14)4-5-11(10)13/h4-5,7-8,12,15H,6H2,1-3H3. The molecule has 0 spiro atoms. The molecule has 1 atom stereocenters. The van der Waals surface area contributed by atoms with E-state index in [1.807, 2.05) is 25.2 Å². The highest BCUT2D eigenvalue weighted by Crippen LogP contribution is 2.30. The van der Waals surface area contributed by atoms with Crippen LogP contribution in [0.15, 0.2) is 22.7 Å². The first kappa shape index (κ1) is 13.0. The molecule has 1 aromatic carbocycles. The Hall–Kier alpha value is -0.0500. The molecule has 0 aliphatic rings. The molecule has 1 nitrogen and oxygen atoms in total. The van der Waals surface area contributed by atoms with Crippen LogP contribution in [0.4, 0.5) is 0 Å². The Morgan fingerprint density at radius 3 is 2.60 bits per heavy atom. The van der Waals surface area contributed by atoms with Crippen molar-refractivity contribution < 1.29 is 0 Å². The number of hydrogen-bond acceptors (Lipinski definition) is 1. The summed E-state index contributed by atoms with van der Waals surface area (Å²) >= 11 is 9.57. The lowest BCUT2D eigenvalue weighted by Crippen LogP contribution is -2.18. The zero-order valence-electron chi connectivity index (χ0n) is 9.35. The highest BCUT2D eigenvalue weighted by molar-refractivity contribution is 9.10. The molecule has 0 aromatic heterocycles. The van der Waals surface area contributed by atoms with Crippen molar-refractivity contribution in [1.82, 2.24) is 5.32 Å². The molecule has 0 amide bonds. The number of hydrogen-bond donors (Lipinski definition) is 1. The summed E-state index contributed by atoms with van der Waals surface area (Å²) in [6.45, 7) is 4.45. The van der Waals surface area contributed by atoms with E-state index < -0.39 is 0 Å². The fourth-order valence-corrected chi connectivity index (χ4v) is 2.36. The van der Waals surface area contributed by atoms with Crippen LogP contribution >= 0.6 is 27.5 Å². The second-order valence-corrected chi connectivity index (χ2v) is 5.43. The van der Waals surface area contributed by atoms with Crippen molar-refractivity contribution in [2.24, 2.45) is 5.92 Å². The predicted octanol–water partition coefficient (Wildman–Crippen LogP) is 4.41. The minimum Gasteiger partial charge on any atom is -0.313 e. The molecular formula is C12H17BrClN. The van der Waals surface area contributed by atoms with Gasteiger partial charge in [-0.3, -0.25) is 0 Å². The molecule has 1 rings (SSSR count). The second kappa shape index (κ2) is 5.88. The van der Waals surface area contributed by atoms with Gasteiger partial charge in [0.15, 0.2) is 0 Å². The Kier molecular flexibility index (Phi) is 5.10. The van der Waals surface area contributed by atoms with Crippen LogP contribution in [-0.2, 0) is 0 Å². The minimum absolute atomic E-state index is 0.359. The number of nitrogens with one attached hydrogen (secondary N) is 1. The SMILES string of the molecule is CNC(CC(C)C)c1cc(Cl)ccc1Br. The number of halogens is 2. The fourth-order valence-electron chi connectivity index (χ4n) is 1.65. The van der Waals surface area contributed by atoms with Crippen LogP contribution < -0.4 is 5.32 Å². The molecule has 0 aliphatic heterocycles. The molecule has 0 fully saturated rings. The first-order valence-corrected chi connectivity index (χ1v) is 6.34. The van der Waals surface area contributed by atoms with Crippen molar-refractivity contribution in [3.8, 4) is 0 Å². The van der Waals surface area contributed by atoms with Gasteiger partial charge in [-0.2, -0.15) is 0 Å². The van der Waals surface area contributed by atoms with Crippen LogP contribution in [0.2, 0.25) is 5.02 Å². The van der Waals surface area contributed by atoms with E-state index in [1.54, 1.807) is 0 Å². The second-order valence-electron chi connectivity index (χ2n) is 4.14. The Morgan fingerprint density at radius 1 is 1.40 bits per heavy atom. The summed E-state index contributed by atoms with van der Waals surface area (Å²) in [7, 11) is 1.99. The van der Waals surface area contributed by atoms with E-state index >= 15 is 0 Å². The van der Waals surface area contributed by atoms with Gasteiger partial charge in [-0.15, -0.1) is 0 Å². The van der Waals surface area contributed by atoms with Gasteiger partial charge >= 0.3 is 0 Å². The van der Waals surface area contributed by atoms with Crippen molar-refractivity contribution in [2.75, 3.05) is 7.05 Å². The minimum atomic E-state index is 0.359. The average molecular weight is 291 g/mol. The number of benzene rings is 1. The zero-order valence-corrected chi connectivity index (χ0v) is 11.7. The largest absolute Gasteiger partial charge is 0.313 e. The maximum atomic E-state index is 6.01. The van der Waals surface area contributed by atoms with Crippen LogP contribution in [0.25, 0.3) is 0 Å². The molecule has 1 unspecified atom stereocenters. The highest BCUT2D eigenvalue weighted by Gasteiger charge is 2.14. The van der Waals surface area contributed by atoms with Gasteiger partial charge in [0.25, 0.3) is 0 Å². The van der Waals surface area contributed by atoms with E-state index in [-0.39, 0.29) is 0 Å². The quantitative estimate of drug-likeness (QED) is 0.866. The molecule has 0 saturated heterocycles. The Morgan fingerprint density at radius 2 is 2.07 bits per heavy atom. The first-order chi connectivity index (χ1) is 7.04. The van der Waals surface area contributed by atoms with Crippen molar-refractivity contribution in [3.05, 3.63) is 33.3 Å². The van der Waals surface area contributed by atoms with E-state index in [2.05, 4.69) is 35.1 Å². The van der Waals surface area contributed by atoms with E-state index in [9.17, 15) is 0 Å². The third-order valence-corrected chi connectivity index (χ3v) is 3.35. The molecule has 0 radical (unpaired) electrons. The molecule has 3 heteroatoms. The lowest BCUT2D eigenvalue weighted by molar-refractivity contribution is 0.455. The van der Waals surface area contributed by atoms with Crippen molar-refractivity contribution in [3.63, 3.8) is 0 Å². The van der Waals surface area contributed by atoms with Crippen LogP contribution in [0, 0.1) is 5.92 Å². The highest BCUT2D eigenvalue weighted by atomic mass is 79.9. The Labute approximate surface area is 105 Å². The maximum absolute atomic E-state index is 6.01. The first-order valence-electron chi connectivity index (χ1n) is 5.16. The molecule has 0 heterocycles. The van der Waals surface area contributed by atoms with E-state index in [0.717, 1.165) is 15.9 Å². The monoisotopic (exact) mass is 289 g/mol. The lowest BCUT2D eigenvalue weighted by atomic mass is 9.97. The van der Waals surface area contributed by atoms with E-state index in [1.165, 1.54) is 5.56 Å². The zero-order chi connectivity index (χ0) is 11.4. The van der Waals surface area contributed by atoms with Crippen molar-refractivity contribution in [1.29, 1.82) is 0 Å². The molecule has 0 aliphatic carbocycles. The summed E-state index contributed by atoms with van der Waals surface area (Å²) in [5.74, 6) is 0.660. The van der Waals surface area contributed by atoms with Gasteiger partial charge in [-0.25, -0.2) is 0 Å². The van der Waals surface area contributed by atoms with E-state index in [4.69, 9.17) is 11.6 Å². The number of rotatable bonds is 4. The normalized spacial score (nSPS) is 13.2. The molecule has 1 N–H and O–H groups in total. The summed E-state index contributed by atoms with van der Waals surface area (Å²) < 4.78 is 1.12. The summed E-state index contributed by atoms with van der Waals surface area (Å²) in [5.41, 5.74) is 1.23. The fraction of sp³-hybridized carbons (Fsp3) is 0.500. The van der Waals surface area contributed by atoms with Crippen molar-refractivity contribution >= 4 is 27.5 Å². The average Bonchev–Trinajstić information content (AvgIpc) is 2.18. The molecule has 1 aromatic rings. The van der Waals surface area contributed by atoms with Gasteiger partial charge in [0.05, 0.1) is 0 Å². The lowest BCUT2D eigenvalue weighted by Gasteiger charge is -2.20. The predicted molar refractivity (Wildman–Crippen MR) is 70.4 cm³/mol. The smallest absolute Gasteiger partial charge is 0.0410 e. The van der Waals surface area contributed by atoms with Crippen LogP contribution in [0.3, 0.4) is 0 Å². The van der Waals surface area contributed by atoms with Gasteiger partial charge in [0.2, 0.25) is 0 Å². The third-order valence-electron chi connectivity index (χ3n) is 2.39. The van der Waals surface area contributed by atoms with Gasteiger partial charge in [-0.05, 0) is 43.1 Å². The van der Waals surface area contributed by atoms with Gasteiger partial charge in [0, 0.05) is 15.5 Å². The van der Waals surface area contributed by atoms with Gasteiger partial charge < -0.3 is 5.32 Å². The summed E-state index contributed by atoms with van der Waals surface area (Å²) in [4.78, 5) is 0. The van der Waals surface area contributed by atoms with Crippen LogP contribution in [0.1, 0.15) is 31.9 Å². The van der Waals surface area contributed by atoms with E-state index in [0.29, 0.717) is 12.0 Å². The van der Waals surface area contributed by atoms with Gasteiger partial charge in [-0.1, -0.05) is 41.4 Å². The van der Waals surface area contributed by atoms with Crippen LogP contribution in [-0.4, -0.2) is 7.05 Å². The molecular weight excluding hydrogens is 273 g/mol. The topological polar surface area (TPSA) is 12.0 Å². The molecule has 0 bridgehead atoms. The molecule has 15 heavy (non-hydrogen) atoms. The van der Waals surface area contributed by atoms with Gasteiger partial charge in [0.1, 0.15) is 0 Å².